The Labute approximate surface area is 128 Å². The fourth-order valence-electron chi connectivity index (χ4n) is 2.34. The summed E-state index contributed by atoms with van der Waals surface area (Å²) < 4.78 is 1.99. The fraction of sp³-hybridized carbons (Fsp3) is 0.500. The summed E-state index contributed by atoms with van der Waals surface area (Å²) in [6, 6.07) is 9.05. The molecule has 0 spiro atoms. The summed E-state index contributed by atoms with van der Waals surface area (Å²) in [5.74, 6) is 0. The highest BCUT2D eigenvalue weighted by Gasteiger charge is 2.12. The average Bonchev–Trinajstić information content (AvgIpc) is 2.85. The maximum absolute atomic E-state index is 5.99. The zero-order chi connectivity index (χ0) is 15.5. The third-order valence-electron chi connectivity index (χ3n) is 3.87. The highest BCUT2D eigenvalue weighted by Crippen LogP contribution is 2.22. The van der Waals surface area contributed by atoms with Crippen molar-refractivity contribution in [1.82, 2.24) is 9.78 Å². The highest BCUT2D eigenvalue weighted by atomic mass is 15.3. The van der Waals surface area contributed by atoms with Gasteiger partial charge in [-0.05, 0) is 34.9 Å². The van der Waals surface area contributed by atoms with E-state index in [-0.39, 0.29) is 11.5 Å². The Bertz CT molecular complexity index is 561. The second-order valence-electron chi connectivity index (χ2n) is 6.87. The average molecular weight is 285 g/mol. The molecule has 0 aliphatic carbocycles. The van der Waals surface area contributed by atoms with Gasteiger partial charge in [0.2, 0.25) is 0 Å². The fourth-order valence-corrected chi connectivity index (χ4v) is 2.34. The van der Waals surface area contributed by atoms with Gasteiger partial charge in [0.15, 0.2) is 0 Å². The van der Waals surface area contributed by atoms with Crippen molar-refractivity contribution in [3.05, 3.63) is 53.3 Å². The zero-order valence-corrected chi connectivity index (χ0v) is 13.6. The Kier molecular flexibility index (Phi) is 4.84. The van der Waals surface area contributed by atoms with E-state index in [4.69, 9.17) is 5.73 Å². The number of rotatable bonds is 5. The molecule has 2 aromatic rings. The van der Waals surface area contributed by atoms with Crippen LogP contribution in [0.5, 0.6) is 0 Å². The van der Waals surface area contributed by atoms with E-state index in [0.29, 0.717) is 0 Å². The lowest BCUT2D eigenvalue weighted by atomic mass is 9.87. The summed E-state index contributed by atoms with van der Waals surface area (Å²) in [4.78, 5) is 0. The number of aromatic nitrogens is 2. The summed E-state index contributed by atoms with van der Waals surface area (Å²) in [7, 11) is 0. The van der Waals surface area contributed by atoms with Gasteiger partial charge in [-0.25, -0.2) is 0 Å². The first-order valence-electron chi connectivity index (χ1n) is 7.75. The Morgan fingerprint density at radius 2 is 1.81 bits per heavy atom. The van der Waals surface area contributed by atoms with Gasteiger partial charge >= 0.3 is 0 Å². The first-order chi connectivity index (χ1) is 9.88. The van der Waals surface area contributed by atoms with Crippen LogP contribution in [0.25, 0.3) is 0 Å². The van der Waals surface area contributed by atoms with Crippen LogP contribution >= 0.6 is 0 Å². The van der Waals surface area contributed by atoms with Gasteiger partial charge < -0.3 is 5.73 Å². The minimum atomic E-state index is 0.202. The number of benzene rings is 1. The van der Waals surface area contributed by atoms with E-state index >= 15 is 0 Å². The molecule has 114 valence electrons. The maximum atomic E-state index is 5.99. The number of hydrogen-bond donors (Lipinski definition) is 1. The normalized spacial score (nSPS) is 13.4. The van der Waals surface area contributed by atoms with Gasteiger partial charge in [-0.2, -0.15) is 5.10 Å². The van der Waals surface area contributed by atoms with E-state index in [0.717, 1.165) is 19.4 Å². The summed E-state index contributed by atoms with van der Waals surface area (Å²) >= 11 is 0. The quantitative estimate of drug-likeness (QED) is 0.913. The van der Waals surface area contributed by atoms with E-state index < -0.39 is 0 Å². The Morgan fingerprint density at radius 1 is 1.14 bits per heavy atom. The van der Waals surface area contributed by atoms with Gasteiger partial charge in [-0.15, -0.1) is 0 Å². The minimum Gasteiger partial charge on any atom is -0.327 e. The first-order valence-corrected chi connectivity index (χ1v) is 7.75. The lowest BCUT2D eigenvalue weighted by molar-refractivity contribution is 0.589. The van der Waals surface area contributed by atoms with Crippen molar-refractivity contribution in [1.29, 1.82) is 0 Å². The molecule has 0 saturated carbocycles. The Morgan fingerprint density at radius 3 is 2.38 bits per heavy atom. The molecule has 0 radical (unpaired) electrons. The van der Waals surface area contributed by atoms with Gasteiger partial charge in [-0.3, -0.25) is 4.68 Å². The second kappa shape index (κ2) is 6.44. The molecule has 0 fully saturated rings. The van der Waals surface area contributed by atoms with Gasteiger partial charge in [0, 0.05) is 12.2 Å². The summed E-state index contributed by atoms with van der Waals surface area (Å²) in [6.45, 7) is 9.63. The van der Waals surface area contributed by atoms with Crippen molar-refractivity contribution < 1.29 is 0 Å². The molecule has 0 aliphatic heterocycles. The van der Waals surface area contributed by atoms with Crippen LogP contribution in [0, 0.1) is 0 Å². The standard InChI is InChI=1S/C18H27N3/c1-5-17(19)10-15-11-20-21(13-15)12-14-6-8-16(9-7-14)18(2,3)4/h6-9,11,13,17H,5,10,12,19H2,1-4H3. The zero-order valence-electron chi connectivity index (χ0n) is 13.6. The smallest absolute Gasteiger partial charge is 0.0659 e. The van der Waals surface area contributed by atoms with Crippen LogP contribution in [0.3, 0.4) is 0 Å². The molecule has 1 unspecified atom stereocenters. The van der Waals surface area contributed by atoms with E-state index in [9.17, 15) is 0 Å². The number of nitrogens with zero attached hydrogens (tertiary/aromatic N) is 2. The molecule has 1 heterocycles. The molecular formula is C18H27N3. The molecule has 3 heteroatoms. The van der Waals surface area contributed by atoms with Gasteiger partial charge in [-0.1, -0.05) is 52.0 Å². The largest absolute Gasteiger partial charge is 0.327 e. The SMILES string of the molecule is CCC(N)Cc1cnn(Cc2ccc(C(C)(C)C)cc2)c1. The van der Waals surface area contributed by atoms with Gasteiger partial charge in [0.25, 0.3) is 0 Å². The molecule has 0 saturated heterocycles. The van der Waals surface area contributed by atoms with E-state index in [1.165, 1.54) is 16.7 Å². The minimum absolute atomic E-state index is 0.202. The topological polar surface area (TPSA) is 43.8 Å². The van der Waals surface area contributed by atoms with Crippen molar-refractivity contribution in [3.8, 4) is 0 Å². The number of nitrogens with two attached hydrogens (primary N) is 1. The monoisotopic (exact) mass is 285 g/mol. The third-order valence-corrected chi connectivity index (χ3v) is 3.87. The van der Waals surface area contributed by atoms with Gasteiger partial charge in [0.05, 0.1) is 12.7 Å². The summed E-state index contributed by atoms with van der Waals surface area (Å²) in [5.41, 5.74) is 10.0. The molecular weight excluding hydrogens is 258 g/mol. The second-order valence-corrected chi connectivity index (χ2v) is 6.87. The van der Waals surface area contributed by atoms with Crippen LogP contribution in [0.4, 0.5) is 0 Å². The maximum Gasteiger partial charge on any atom is 0.0659 e. The molecule has 21 heavy (non-hydrogen) atoms. The molecule has 3 nitrogen and oxygen atoms in total. The van der Waals surface area contributed by atoms with Crippen molar-refractivity contribution >= 4 is 0 Å². The predicted molar refractivity (Wildman–Crippen MR) is 88.4 cm³/mol. The van der Waals surface area contributed by atoms with Crippen LogP contribution in [-0.2, 0) is 18.4 Å². The molecule has 1 aromatic carbocycles. The predicted octanol–water partition coefficient (Wildman–Crippen LogP) is 3.51. The molecule has 0 amide bonds. The molecule has 2 rings (SSSR count). The van der Waals surface area contributed by atoms with Crippen molar-refractivity contribution in [3.63, 3.8) is 0 Å². The van der Waals surface area contributed by atoms with Crippen molar-refractivity contribution in [2.75, 3.05) is 0 Å². The van der Waals surface area contributed by atoms with Crippen LogP contribution in [0.15, 0.2) is 36.7 Å². The van der Waals surface area contributed by atoms with Crippen LogP contribution in [-0.4, -0.2) is 15.8 Å². The molecule has 1 aromatic heterocycles. The third kappa shape index (κ3) is 4.43. The van der Waals surface area contributed by atoms with E-state index in [1.54, 1.807) is 0 Å². The lowest BCUT2D eigenvalue weighted by Gasteiger charge is -2.19. The van der Waals surface area contributed by atoms with Crippen molar-refractivity contribution in [2.45, 2.75) is 58.5 Å². The van der Waals surface area contributed by atoms with Crippen LogP contribution in [0.2, 0.25) is 0 Å². The van der Waals surface area contributed by atoms with Crippen LogP contribution < -0.4 is 5.73 Å². The Balaban J connectivity index is 2.02. The van der Waals surface area contributed by atoms with E-state index in [1.807, 2.05) is 10.9 Å². The first kappa shape index (κ1) is 15.8. The molecule has 2 N–H and O–H groups in total. The van der Waals surface area contributed by atoms with Gasteiger partial charge in [0.1, 0.15) is 0 Å². The van der Waals surface area contributed by atoms with E-state index in [2.05, 4.69) is 63.3 Å². The summed E-state index contributed by atoms with van der Waals surface area (Å²) in [6.07, 6.45) is 5.94. The van der Waals surface area contributed by atoms with Crippen molar-refractivity contribution in [2.24, 2.45) is 5.73 Å². The molecule has 0 aliphatic rings. The Hall–Kier alpha value is -1.61. The molecule has 0 bridgehead atoms. The highest BCUT2D eigenvalue weighted by molar-refractivity contribution is 5.27. The lowest BCUT2D eigenvalue weighted by Crippen LogP contribution is -2.21. The molecule has 1 atom stereocenters. The summed E-state index contributed by atoms with van der Waals surface area (Å²) in [5, 5.41) is 4.43. The number of hydrogen-bond acceptors (Lipinski definition) is 2. The van der Waals surface area contributed by atoms with Crippen LogP contribution in [0.1, 0.15) is 50.8 Å².